The standard InChI is InChI=1S/C27H25F5/c1-3-5-6-8-15-9-10-16(14-21(15)28)20-13-19-12-18-11-17(7-4-2)24(29)26(31)22(18)23(19)27(32)25(20)30/h9-11,13-14H,3-8,12H2,1-2H3. The molecule has 0 heterocycles. The Morgan fingerprint density at radius 2 is 1.34 bits per heavy atom. The molecule has 0 radical (unpaired) electrons. The van der Waals surface area contributed by atoms with Crippen molar-refractivity contribution < 1.29 is 22.0 Å². The predicted octanol–water partition coefficient (Wildman–Crippen LogP) is 8.31. The molecule has 0 spiro atoms. The van der Waals surface area contributed by atoms with Crippen molar-refractivity contribution in [2.75, 3.05) is 0 Å². The Kier molecular flexibility index (Phi) is 6.36. The van der Waals surface area contributed by atoms with Crippen molar-refractivity contribution in [3.05, 3.63) is 81.7 Å². The lowest BCUT2D eigenvalue weighted by Gasteiger charge is -2.12. The Morgan fingerprint density at radius 1 is 0.656 bits per heavy atom. The van der Waals surface area contributed by atoms with Gasteiger partial charge < -0.3 is 0 Å². The second-order valence-corrected chi connectivity index (χ2v) is 8.47. The molecule has 0 nitrogen and oxygen atoms in total. The van der Waals surface area contributed by atoms with Gasteiger partial charge >= 0.3 is 0 Å². The number of hydrogen-bond donors (Lipinski definition) is 0. The molecule has 32 heavy (non-hydrogen) atoms. The Balaban J connectivity index is 1.76. The van der Waals surface area contributed by atoms with Gasteiger partial charge in [0.05, 0.1) is 0 Å². The van der Waals surface area contributed by atoms with Gasteiger partial charge in [0.15, 0.2) is 23.3 Å². The number of rotatable bonds is 7. The van der Waals surface area contributed by atoms with Crippen LogP contribution in [0.1, 0.15) is 61.8 Å². The molecule has 5 heteroatoms. The topological polar surface area (TPSA) is 0 Å². The molecule has 0 N–H and O–H groups in total. The second kappa shape index (κ2) is 9.05. The predicted molar refractivity (Wildman–Crippen MR) is 117 cm³/mol. The molecule has 3 aromatic carbocycles. The van der Waals surface area contributed by atoms with Crippen LogP contribution >= 0.6 is 0 Å². The van der Waals surface area contributed by atoms with Crippen molar-refractivity contribution in [2.45, 2.75) is 58.8 Å². The van der Waals surface area contributed by atoms with Crippen LogP contribution in [0.5, 0.6) is 0 Å². The highest BCUT2D eigenvalue weighted by molar-refractivity contribution is 5.82. The quantitative estimate of drug-likeness (QED) is 0.199. The largest absolute Gasteiger partial charge is 0.207 e. The molecule has 0 aromatic heterocycles. The summed E-state index contributed by atoms with van der Waals surface area (Å²) in [7, 11) is 0. The molecule has 0 saturated heterocycles. The smallest absolute Gasteiger partial charge is 0.167 e. The van der Waals surface area contributed by atoms with Crippen molar-refractivity contribution in [3.63, 3.8) is 0 Å². The zero-order valence-corrected chi connectivity index (χ0v) is 18.2. The fraction of sp³-hybridized carbons (Fsp3) is 0.333. The van der Waals surface area contributed by atoms with Gasteiger partial charge in [-0.15, -0.1) is 0 Å². The average molecular weight is 444 g/mol. The molecule has 0 aliphatic heterocycles. The van der Waals surface area contributed by atoms with Crippen LogP contribution in [0.25, 0.3) is 22.3 Å². The molecule has 1 aliphatic rings. The van der Waals surface area contributed by atoms with Crippen LogP contribution in [-0.2, 0) is 19.3 Å². The highest BCUT2D eigenvalue weighted by Crippen LogP contribution is 2.45. The molecule has 0 amide bonds. The van der Waals surface area contributed by atoms with Crippen LogP contribution in [0.4, 0.5) is 22.0 Å². The van der Waals surface area contributed by atoms with Gasteiger partial charge in [0, 0.05) is 16.7 Å². The van der Waals surface area contributed by atoms with Crippen molar-refractivity contribution in [1.82, 2.24) is 0 Å². The number of unbranched alkanes of at least 4 members (excludes halogenated alkanes) is 2. The first-order valence-corrected chi connectivity index (χ1v) is 11.2. The monoisotopic (exact) mass is 444 g/mol. The van der Waals surface area contributed by atoms with Gasteiger partial charge in [-0.3, -0.25) is 0 Å². The van der Waals surface area contributed by atoms with E-state index in [1.807, 2.05) is 6.92 Å². The number of aryl methyl sites for hydroxylation is 2. The second-order valence-electron chi connectivity index (χ2n) is 8.47. The third kappa shape index (κ3) is 3.82. The van der Waals surface area contributed by atoms with Crippen molar-refractivity contribution in [1.29, 1.82) is 0 Å². The van der Waals surface area contributed by atoms with Crippen LogP contribution < -0.4 is 0 Å². The zero-order valence-electron chi connectivity index (χ0n) is 18.2. The van der Waals surface area contributed by atoms with E-state index < -0.39 is 29.1 Å². The molecule has 0 saturated carbocycles. The highest BCUT2D eigenvalue weighted by Gasteiger charge is 2.32. The number of benzene rings is 3. The Hall–Kier alpha value is -2.69. The fourth-order valence-electron chi connectivity index (χ4n) is 4.59. The first kappa shape index (κ1) is 22.5. The minimum atomic E-state index is -1.23. The average Bonchev–Trinajstić information content (AvgIpc) is 3.14. The van der Waals surface area contributed by atoms with E-state index in [2.05, 4.69) is 6.92 Å². The van der Waals surface area contributed by atoms with Crippen LogP contribution in [0.2, 0.25) is 0 Å². The lowest BCUT2D eigenvalue weighted by atomic mass is 9.95. The van der Waals surface area contributed by atoms with Crippen LogP contribution in [0.15, 0.2) is 30.3 Å². The summed E-state index contributed by atoms with van der Waals surface area (Å²) in [6.07, 6.45) is 4.61. The van der Waals surface area contributed by atoms with Crippen LogP contribution in [0, 0.1) is 29.1 Å². The van der Waals surface area contributed by atoms with Crippen LogP contribution in [0.3, 0.4) is 0 Å². The van der Waals surface area contributed by atoms with E-state index in [4.69, 9.17) is 0 Å². The molecule has 4 rings (SSSR count). The summed E-state index contributed by atoms with van der Waals surface area (Å²) in [6.45, 7) is 3.92. The molecule has 0 atom stereocenters. The Bertz CT molecular complexity index is 1180. The minimum Gasteiger partial charge on any atom is -0.207 e. The number of halogens is 5. The van der Waals surface area contributed by atoms with Gasteiger partial charge in [0.1, 0.15) is 5.82 Å². The third-order valence-corrected chi connectivity index (χ3v) is 6.22. The molecular weight excluding hydrogens is 419 g/mol. The van der Waals surface area contributed by atoms with Crippen LogP contribution in [-0.4, -0.2) is 0 Å². The van der Waals surface area contributed by atoms with E-state index in [0.717, 1.165) is 19.3 Å². The van der Waals surface area contributed by atoms with E-state index in [9.17, 15) is 13.2 Å². The summed E-state index contributed by atoms with van der Waals surface area (Å²) in [5.41, 5.74) is 1.27. The Labute approximate surface area is 185 Å². The van der Waals surface area contributed by atoms with Crippen molar-refractivity contribution in [3.8, 4) is 22.3 Å². The minimum absolute atomic E-state index is 0.0808. The molecule has 1 aliphatic carbocycles. The van der Waals surface area contributed by atoms with Crippen molar-refractivity contribution >= 4 is 0 Å². The lowest BCUT2D eigenvalue weighted by Crippen LogP contribution is -2.01. The summed E-state index contributed by atoms with van der Waals surface area (Å²) in [6, 6.07) is 7.37. The van der Waals surface area contributed by atoms with E-state index in [1.165, 1.54) is 12.1 Å². The highest BCUT2D eigenvalue weighted by atomic mass is 19.2. The molecule has 0 unspecified atom stereocenters. The van der Waals surface area contributed by atoms with E-state index in [-0.39, 0.29) is 34.2 Å². The molecule has 0 fully saturated rings. The van der Waals surface area contributed by atoms with E-state index in [1.54, 1.807) is 18.2 Å². The van der Waals surface area contributed by atoms with Crippen molar-refractivity contribution in [2.24, 2.45) is 0 Å². The molecule has 3 aromatic rings. The van der Waals surface area contributed by atoms with Gasteiger partial charge in [-0.25, -0.2) is 22.0 Å². The Morgan fingerprint density at radius 3 is 2.00 bits per heavy atom. The molecular formula is C27H25F5. The lowest BCUT2D eigenvalue weighted by molar-refractivity contribution is 0.495. The number of hydrogen-bond acceptors (Lipinski definition) is 0. The first-order valence-electron chi connectivity index (χ1n) is 11.2. The molecule has 168 valence electrons. The first-order chi connectivity index (χ1) is 15.4. The number of fused-ring (bicyclic) bond motifs is 3. The molecule has 0 bridgehead atoms. The summed E-state index contributed by atoms with van der Waals surface area (Å²) >= 11 is 0. The normalized spacial score (nSPS) is 12.2. The maximum absolute atomic E-state index is 15.1. The fourth-order valence-corrected chi connectivity index (χ4v) is 4.59. The zero-order chi connectivity index (χ0) is 23.0. The summed E-state index contributed by atoms with van der Waals surface area (Å²) < 4.78 is 74.0. The van der Waals surface area contributed by atoms with E-state index in [0.29, 0.717) is 36.0 Å². The summed E-state index contributed by atoms with van der Waals surface area (Å²) in [4.78, 5) is 0. The van der Waals surface area contributed by atoms with Gasteiger partial charge in [0.2, 0.25) is 0 Å². The maximum Gasteiger partial charge on any atom is 0.167 e. The van der Waals surface area contributed by atoms with Gasteiger partial charge in [-0.1, -0.05) is 51.3 Å². The van der Waals surface area contributed by atoms with E-state index >= 15 is 8.78 Å². The summed E-state index contributed by atoms with van der Waals surface area (Å²) in [5.74, 6) is -5.03. The van der Waals surface area contributed by atoms with Gasteiger partial charge in [-0.05, 0) is 65.6 Å². The van der Waals surface area contributed by atoms with Gasteiger partial charge in [0.25, 0.3) is 0 Å². The SMILES string of the molecule is CCCCCc1ccc(-c2cc3c(c(F)c2F)-c2c(cc(CCC)c(F)c2F)C3)cc1F. The maximum atomic E-state index is 15.1. The van der Waals surface area contributed by atoms with Gasteiger partial charge in [-0.2, -0.15) is 0 Å². The summed E-state index contributed by atoms with van der Waals surface area (Å²) in [5, 5.41) is 0. The third-order valence-electron chi connectivity index (χ3n) is 6.22.